The van der Waals surface area contributed by atoms with Gasteiger partial charge in [-0.15, -0.1) is 0 Å². The van der Waals surface area contributed by atoms with Gasteiger partial charge in [0.1, 0.15) is 11.3 Å². The van der Waals surface area contributed by atoms with Crippen LogP contribution in [0.2, 0.25) is 10.0 Å². The topological polar surface area (TPSA) is 133 Å². The minimum atomic E-state index is -1.27. The summed E-state index contributed by atoms with van der Waals surface area (Å²) in [6.45, 7) is 4.60. The predicted molar refractivity (Wildman–Crippen MR) is 155 cm³/mol. The number of nitrogens with zero attached hydrogens (tertiary/aromatic N) is 3. The number of carbonyl (C=O) groups is 2. The van der Waals surface area contributed by atoms with Crippen molar-refractivity contribution in [2.45, 2.75) is 39.3 Å². The summed E-state index contributed by atoms with van der Waals surface area (Å²) in [5.41, 5.74) is -1.18. The quantitative estimate of drug-likeness (QED) is 0.140. The Morgan fingerprint density at radius 2 is 1.74 bits per heavy atom. The van der Waals surface area contributed by atoms with Gasteiger partial charge in [-0.3, -0.25) is 10.1 Å². The van der Waals surface area contributed by atoms with Crippen molar-refractivity contribution in [3.05, 3.63) is 85.0 Å². The Bertz CT molecular complexity index is 1550. The number of carbonyl (C=O) groups excluding carboxylic acids is 2. The number of rotatable bonds is 10. The fourth-order valence-electron chi connectivity index (χ4n) is 3.87. The minimum Gasteiger partial charge on any atom is -0.481 e. The molecular weight excluding hydrogens is 613 g/mol. The van der Waals surface area contributed by atoms with Crippen LogP contribution in [0, 0.1) is 21.7 Å². The van der Waals surface area contributed by atoms with E-state index in [4.69, 9.17) is 37.4 Å². The average Bonchev–Trinajstić information content (AvgIpc) is 2.94. The second-order valence-corrected chi connectivity index (χ2v) is 10.8. The Hall–Kier alpha value is -4.23. The molecule has 0 saturated heterocycles. The maximum absolute atomic E-state index is 14.2. The number of ether oxygens (including phenoxy) is 3. The van der Waals surface area contributed by atoms with E-state index in [1.54, 1.807) is 20.8 Å². The summed E-state index contributed by atoms with van der Waals surface area (Å²) in [6.07, 6.45) is -0.869. The number of methoxy groups -OCH3 is 2. The zero-order chi connectivity index (χ0) is 32.1. The lowest BCUT2D eigenvalue weighted by Gasteiger charge is -2.28. The number of anilines is 2. The van der Waals surface area contributed by atoms with Crippen LogP contribution >= 0.6 is 23.2 Å². The van der Waals surface area contributed by atoms with E-state index in [9.17, 15) is 28.5 Å². The molecule has 0 saturated carbocycles. The SMILES string of the molecule is COC(=O)c1cc(F)c(F)cc1Nc1ccc(Cl)c(Cl)c1CN(CCc1nc(OC)ccc1[N+](=O)[O-])C(=O)OC(C)(C)C. The second kappa shape index (κ2) is 13.8. The lowest BCUT2D eigenvalue weighted by atomic mass is 10.1. The van der Waals surface area contributed by atoms with Gasteiger partial charge in [0.2, 0.25) is 5.88 Å². The van der Waals surface area contributed by atoms with Gasteiger partial charge in [-0.1, -0.05) is 23.2 Å². The van der Waals surface area contributed by atoms with E-state index >= 15 is 0 Å². The van der Waals surface area contributed by atoms with Gasteiger partial charge >= 0.3 is 12.1 Å². The van der Waals surface area contributed by atoms with Crippen molar-refractivity contribution in [1.82, 2.24) is 9.88 Å². The standard InChI is InChI=1S/C28H28Cl2F2N4O7/c1-28(2,3)43-27(38)35(11-10-21-23(36(39)40)8-9-24(34-21)41-4)14-16-20(7-6-17(29)25(16)30)33-22-13-19(32)18(31)12-15(22)26(37)42-5/h6-9,12-13,33H,10-11,14H2,1-5H3. The summed E-state index contributed by atoms with van der Waals surface area (Å²) in [7, 11) is 2.44. The molecule has 0 aliphatic carbocycles. The molecule has 1 heterocycles. The van der Waals surface area contributed by atoms with E-state index < -0.39 is 34.2 Å². The highest BCUT2D eigenvalue weighted by Crippen LogP contribution is 2.36. The van der Waals surface area contributed by atoms with E-state index in [0.717, 1.165) is 13.2 Å². The molecule has 0 aliphatic heterocycles. The van der Waals surface area contributed by atoms with Crippen LogP contribution in [-0.2, 0) is 22.4 Å². The molecule has 1 aromatic heterocycles. The molecule has 11 nitrogen and oxygen atoms in total. The normalized spacial score (nSPS) is 11.1. The Morgan fingerprint density at radius 3 is 2.35 bits per heavy atom. The fraction of sp³-hybridized carbons (Fsp3) is 0.321. The summed E-state index contributed by atoms with van der Waals surface area (Å²) in [4.78, 5) is 42.0. The molecule has 3 rings (SSSR count). The molecule has 15 heteroatoms. The van der Waals surface area contributed by atoms with Crippen LogP contribution in [0.25, 0.3) is 0 Å². The van der Waals surface area contributed by atoms with E-state index in [1.807, 2.05) is 0 Å². The number of nitro groups is 1. The molecule has 43 heavy (non-hydrogen) atoms. The zero-order valence-corrected chi connectivity index (χ0v) is 25.3. The number of benzene rings is 2. The zero-order valence-electron chi connectivity index (χ0n) is 23.8. The number of pyridine rings is 1. The molecule has 0 aliphatic rings. The highest BCUT2D eigenvalue weighted by molar-refractivity contribution is 6.42. The number of hydrogen-bond acceptors (Lipinski definition) is 9. The summed E-state index contributed by atoms with van der Waals surface area (Å²) in [5, 5.41) is 14.6. The van der Waals surface area contributed by atoms with Gasteiger partial charge in [-0.05, 0) is 39.0 Å². The lowest BCUT2D eigenvalue weighted by Crippen LogP contribution is -2.38. The highest BCUT2D eigenvalue weighted by atomic mass is 35.5. The molecule has 0 unspecified atom stereocenters. The molecule has 0 radical (unpaired) electrons. The van der Waals surface area contributed by atoms with E-state index in [0.29, 0.717) is 6.07 Å². The highest BCUT2D eigenvalue weighted by Gasteiger charge is 2.27. The molecule has 0 fully saturated rings. The van der Waals surface area contributed by atoms with Crippen LogP contribution in [0.1, 0.15) is 42.4 Å². The first-order valence-electron chi connectivity index (χ1n) is 12.6. The van der Waals surface area contributed by atoms with Gasteiger partial charge in [-0.25, -0.2) is 23.4 Å². The molecule has 230 valence electrons. The van der Waals surface area contributed by atoms with Gasteiger partial charge in [-0.2, -0.15) is 0 Å². The van der Waals surface area contributed by atoms with Gasteiger partial charge in [0.05, 0.1) is 47.0 Å². The number of nitrogens with one attached hydrogen (secondary N) is 1. The van der Waals surface area contributed by atoms with Gasteiger partial charge < -0.3 is 24.4 Å². The van der Waals surface area contributed by atoms with Crippen LogP contribution < -0.4 is 10.1 Å². The van der Waals surface area contributed by atoms with E-state index in [-0.39, 0.29) is 69.3 Å². The number of amides is 1. The third-order valence-electron chi connectivity index (χ3n) is 5.88. The smallest absolute Gasteiger partial charge is 0.410 e. The third-order valence-corrected chi connectivity index (χ3v) is 6.72. The van der Waals surface area contributed by atoms with E-state index in [2.05, 4.69) is 10.3 Å². The Morgan fingerprint density at radius 1 is 1.07 bits per heavy atom. The minimum absolute atomic E-state index is 0.00733. The first kappa shape index (κ1) is 33.3. The van der Waals surface area contributed by atoms with Gasteiger partial charge in [0.25, 0.3) is 5.69 Å². The van der Waals surface area contributed by atoms with Crippen molar-refractivity contribution < 1.29 is 37.5 Å². The Labute approximate surface area is 255 Å². The van der Waals surface area contributed by atoms with Crippen LogP contribution in [0.15, 0.2) is 36.4 Å². The number of aromatic nitrogens is 1. The molecule has 3 aromatic rings. The van der Waals surface area contributed by atoms with Crippen molar-refractivity contribution >= 4 is 52.3 Å². The van der Waals surface area contributed by atoms with Gasteiger partial charge in [0, 0.05) is 42.4 Å². The molecule has 1 amide bonds. The van der Waals surface area contributed by atoms with Crippen LogP contribution in [-0.4, -0.2) is 53.2 Å². The summed E-state index contributed by atoms with van der Waals surface area (Å²) in [6, 6.07) is 6.94. The number of halogens is 4. The molecule has 1 N–H and O–H groups in total. The second-order valence-electron chi connectivity index (χ2n) is 10.0. The Kier molecular flexibility index (Phi) is 10.7. The number of hydrogen-bond donors (Lipinski definition) is 1. The molecule has 0 atom stereocenters. The fourth-order valence-corrected chi connectivity index (χ4v) is 4.27. The van der Waals surface area contributed by atoms with Gasteiger partial charge in [0.15, 0.2) is 11.6 Å². The van der Waals surface area contributed by atoms with E-state index in [1.165, 1.54) is 36.3 Å². The summed E-state index contributed by atoms with van der Waals surface area (Å²) in [5.74, 6) is -3.30. The van der Waals surface area contributed by atoms with Crippen LogP contribution in [0.4, 0.5) is 30.6 Å². The summed E-state index contributed by atoms with van der Waals surface area (Å²) < 4.78 is 43.5. The maximum Gasteiger partial charge on any atom is 0.410 e. The van der Waals surface area contributed by atoms with Crippen LogP contribution in [0.3, 0.4) is 0 Å². The van der Waals surface area contributed by atoms with Crippen molar-refractivity contribution in [2.75, 3.05) is 26.1 Å². The Balaban J connectivity index is 2.06. The molecule has 2 aromatic carbocycles. The van der Waals surface area contributed by atoms with Crippen molar-refractivity contribution in [1.29, 1.82) is 0 Å². The maximum atomic E-state index is 14.2. The first-order valence-corrected chi connectivity index (χ1v) is 13.4. The molecular formula is C28H28Cl2F2N4O7. The van der Waals surface area contributed by atoms with Crippen molar-refractivity contribution in [3.63, 3.8) is 0 Å². The largest absolute Gasteiger partial charge is 0.481 e. The lowest BCUT2D eigenvalue weighted by molar-refractivity contribution is -0.386. The monoisotopic (exact) mass is 640 g/mol. The molecule has 0 spiro atoms. The third kappa shape index (κ3) is 8.42. The predicted octanol–water partition coefficient (Wildman–Crippen LogP) is 7.09. The summed E-state index contributed by atoms with van der Waals surface area (Å²) >= 11 is 12.9. The molecule has 0 bridgehead atoms. The van der Waals surface area contributed by atoms with Crippen LogP contribution in [0.5, 0.6) is 5.88 Å². The average molecular weight is 641 g/mol. The van der Waals surface area contributed by atoms with Crippen molar-refractivity contribution in [2.24, 2.45) is 0 Å². The first-order chi connectivity index (χ1) is 20.1. The van der Waals surface area contributed by atoms with Crippen molar-refractivity contribution in [3.8, 4) is 5.88 Å². The number of esters is 1.